The van der Waals surface area contributed by atoms with Crippen molar-refractivity contribution in [2.24, 2.45) is 0 Å². The number of rotatable bonds is 44. The average Bonchev–Trinajstić information content (AvgIpc) is 0.928. The highest BCUT2D eigenvalue weighted by atomic mass is 16.6. The molecule has 0 radical (unpaired) electrons. The van der Waals surface area contributed by atoms with Gasteiger partial charge >= 0.3 is 59.7 Å². The second-order valence-corrected chi connectivity index (χ2v) is 26.3. The zero-order valence-corrected chi connectivity index (χ0v) is 78.1. The fraction of sp³-hybridized carbons (Fsp3) is 0.182. The summed E-state index contributed by atoms with van der Waals surface area (Å²) in [6.07, 6.45) is 6.77. The molecule has 10 aromatic carbocycles. The predicted octanol–water partition coefficient (Wildman–Crippen LogP) is 19.5. The zero-order chi connectivity index (χ0) is 101. The Morgan fingerprint density at radius 2 is 0.304 bits per heavy atom. The molecular weight excluding hydrogens is 1770 g/mol. The van der Waals surface area contributed by atoms with Crippen molar-refractivity contribution < 1.29 is 133 Å². The Morgan fingerprint density at radius 3 is 0.442 bits per heavy atom. The highest BCUT2D eigenvalue weighted by Gasteiger charge is 2.09. The maximum Gasteiger partial charge on any atom is 0.338 e. The van der Waals surface area contributed by atoms with Gasteiger partial charge in [0.15, 0.2) is 0 Å². The van der Waals surface area contributed by atoms with Gasteiger partial charge in [-0.1, -0.05) is 248 Å². The molecule has 0 saturated heterocycles. The van der Waals surface area contributed by atoms with Crippen LogP contribution in [-0.4, -0.2) is 165 Å². The molecular formula is C110H120O28. The Labute approximate surface area is 807 Å². The van der Waals surface area contributed by atoms with E-state index in [0.29, 0.717) is 86.6 Å². The Bertz CT molecular complexity index is 4610. The summed E-state index contributed by atoms with van der Waals surface area (Å²) in [5, 5.41) is 0. The fourth-order valence-electron chi connectivity index (χ4n) is 8.52. The van der Waals surface area contributed by atoms with Crippen LogP contribution in [0, 0.1) is 0 Å². The van der Waals surface area contributed by atoms with Crippen molar-refractivity contribution in [2.45, 2.75) is 27.7 Å². The normalized spacial score (nSPS) is 9.19. The van der Waals surface area contributed by atoms with Gasteiger partial charge in [-0.15, -0.1) is 0 Å². The molecule has 28 nitrogen and oxygen atoms in total. The van der Waals surface area contributed by atoms with Crippen LogP contribution in [0.3, 0.4) is 0 Å². The van der Waals surface area contributed by atoms with Crippen LogP contribution in [0.4, 0.5) is 0 Å². The second-order valence-electron chi connectivity index (χ2n) is 26.3. The number of para-hydroxylation sites is 10. The highest BCUT2D eigenvalue weighted by Crippen LogP contribution is 2.16. The second kappa shape index (κ2) is 80.5. The van der Waals surface area contributed by atoms with Crippen molar-refractivity contribution in [3.05, 3.63) is 428 Å². The molecule has 0 N–H and O–H groups in total. The Balaban J connectivity index is 0.000000767. The van der Waals surface area contributed by atoms with Gasteiger partial charge in [-0.05, 0) is 149 Å². The van der Waals surface area contributed by atoms with Gasteiger partial charge in [-0.25, -0.2) is 47.9 Å². The van der Waals surface area contributed by atoms with Crippen molar-refractivity contribution >= 4 is 59.7 Å². The molecule has 10 aromatic rings. The minimum absolute atomic E-state index is 0.236. The molecule has 138 heavy (non-hydrogen) atoms. The third-order valence-electron chi connectivity index (χ3n) is 15.0. The number of esters is 10. The number of benzene rings is 10. The van der Waals surface area contributed by atoms with E-state index < -0.39 is 35.8 Å². The van der Waals surface area contributed by atoms with Crippen LogP contribution in [-0.2, 0) is 85.8 Å². The highest BCUT2D eigenvalue weighted by molar-refractivity contribution is 5.89. The van der Waals surface area contributed by atoms with E-state index in [9.17, 15) is 47.9 Å². The smallest absolute Gasteiger partial charge is 0.338 e. The first-order chi connectivity index (χ1) is 66.7. The van der Waals surface area contributed by atoms with E-state index in [-0.39, 0.29) is 76.7 Å². The first-order valence-electron chi connectivity index (χ1n) is 42.4. The summed E-state index contributed by atoms with van der Waals surface area (Å²) in [6, 6.07) is 92.7. The molecule has 0 fully saturated rings. The number of hydrogen-bond acceptors (Lipinski definition) is 28. The van der Waals surface area contributed by atoms with Crippen LogP contribution < -0.4 is 47.4 Å². The van der Waals surface area contributed by atoms with Gasteiger partial charge in [0.05, 0.1) is 0 Å². The zero-order valence-electron chi connectivity index (χ0n) is 78.1. The van der Waals surface area contributed by atoms with Crippen LogP contribution in [0.25, 0.3) is 0 Å². The molecule has 0 amide bonds. The third-order valence-corrected chi connectivity index (χ3v) is 15.0. The van der Waals surface area contributed by atoms with Crippen molar-refractivity contribution in [2.75, 3.05) is 106 Å². The van der Waals surface area contributed by atoms with Gasteiger partial charge in [0.2, 0.25) is 0 Å². The van der Waals surface area contributed by atoms with Crippen molar-refractivity contribution in [3.8, 4) is 57.5 Å². The summed E-state index contributed by atoms with van der Waals surface area (Å²) in [6.45, 7) is 44.7. The lowest BCUT2D eigenvalue weighted by Gasteiger charge is -2.06. The minimum atomic E-state index is -0.434. The predicted molar refractivity (Wildman–Crippen MR) is 528 cm³/mol. The maximum atomic E-state index is 11.0. The Morgan fingerprint density at radius 1 is 0.174 bits per heavy atom. The summed E-state index contributed by atoms with van der Waals surface area (Å²) in [5.41, 5.74) is 1.60. The number of hydrogen-bond donors (Lipinski definition) is 0. The van der Waals surface area contributed by atoms with Crippen LogP contribution >= 0.6 is 0 Å². The van der Waals surface area contributed by atoms with Gasteiger partial charge < -0.3 is 85.3 Å². The molecule has 0 heterocycles. The number of carbonyl (C=O) groups is 10. The van der Waals surface area contributed by atoms with Gasteiger partial charge in [0.25, 0.3) is 0 Å². The third kappa shape index (κ3) is 68.7. The Kier molecular flexibility index (Phi) is 69.3. The van der Waals surface area contributed by atoms with E-state index in [4.69, 9.17) is 85.3 Å². The lowest BCUT2D eigenvalue weighted by Crippen LogP contribution is -2.12. The van der Waals surface area contributed by atoms with Gasteiger partial charge in [0, 0.05) is 58.7 Å². The summed E-state index contributed by atoms with van der Waals surface area (Å²) in [5.74, 6) is 3.10. The SMILES string of the molecule is C=C(C)C(=O)OCCOc1ccccc1.C=C(C)C(=O)OCCOc1ccccc1.C=C(C)C(=O)OCCOc1ccccc1.C=C(C)C(=O)Oc1ccccc1.C=CC(=O)OCCOc1ccccc1.C=CC(=O)OCCOc1ccccc1.C=CC(=O)OCCOc1ccccc1.C=CC(=O)OCCOc1ccccc1.C=CC(=O)OCCOc1ccccc1.C=CC(=O)Oc1ccccc1. The van der Waals surface area contributed by atoms with Crippen LogP contribution in [0.1, 0.15) is 27.7 Å². The van der Waals surface area contributed by atoms with Crippen LogP contribution in [0.15, 0.2) is 428 Å². The van der Waals surface area contributed by atoms with E-state index in [2.05, 4.69) is 65.8 Å². The molecule has 0 aliphatic carbocycles. The first-order valence-corrected chi connectivity index (χ1v) is 42.4. The number of carbonyl (C=O) groups excluding carboxylic acids is 10. The van der Waals surface area contributed by atoms with E-state index in [0.717, 1.165) is 82.5 Å². The largest absolute Gasteiger partial charge is 0.490 e. The van der Waals surface area contributed by atoms with E-state index in [1.165, 1.54) is 0 Å². The summed E-state index contributed by atoms with van der Waals surface area (Å²) in [4.78, 5) is 108. The van der Waals surface area contributed by atoms with Crippen molar-refractivity contribution in [3.63, 3.8) is 0 Å². The van der Waals surface area contributed by atoms with Crippen LogP contribution in [0.2, 0.25) is 0 Å². The molecule has 0 unspecified atom stereocenters. The summed E-state index contributed by atoms with van der Waals surface area (Å²) in [7, 11) is 0. The molecule has 0 aliphatic heterocycles. The standard InChI is InChI=1S/3C12H14O3.5C11H12O3.C10H10O2.C9H8O2/c3*1-10(2)12(13)15-9-8-14-11-6-4-3-5-7-11;5*1-2-11(12)14-9-8-13-10-6-4-3-5-7-10;1-8(2)10(11)12-9-6-4-3-5-7-9;1-2-9(10)11-8-6-4-3-5-7-8/h3*3-7H,1,8-9H2,2H3;5*2-7H,1,8-9H2;3-7H,1H2,2H3;2-7H,1H2. The van der Waals surface area contributed by atoms with E-state index in [1.807, 2.05) is 255 Å². The van der Waals surface area contributed by atoms with E-state index in [1.54, 1.807) is 76.2 Å². The van der Waals surface area contributed by atoms with Crippen molar-refractivity contribution in [1.82, 2.24) is 0 Å². The van der Waals surface area contributed by atoms with Crippen molar-refractivity contribution in [1.29, 1.82) is 0 Å². The van der Waals surface area contributed by atoms with Gasteiger partial charge in [-0.2, -0.15) is 0 Å². The number of ether oxygens (including phenoxy) is 18. The lowest BCUT2D eigenvalue weighted by molar-refractivity contribution is -0.140. The molecule has 10 rings (SSSR count). The molecule has 0 bridgehead atoms. The quantitative estimate of drug-likeness (QED) is 0.0113. The fourth-order valence-corrected chi connectivity index (χ4v) is 8.52. The molecule has 0 aromatic heterocycles. The molecule has 0 aliphatic rings. The maximum absolute atomic E-state index is 11.0. The molecule has 0 saturated carbocycles. The van der Waals surface area contributed by atoms with E-state index >= 15 is 0 Å². The monoisotopic (exact) mass is 1890 g/mol. The lowest BCUT2D eigenvalue weighted by atomic mass is 10.3. The average molecular weight is 1890 g/mol. The summed E-state index contributed by atoms with van der Waals surface area (Å²) >= 11 is 0. The van der Waals surface area contributed by atoms with Crippen LogP contribution in [0.5, 0.6) is 57.5 Å². The molecule has 28 heteroatoms. The summed E-state index contributed by atoms with van der Waals surface area (Å²) < 4.78 is 90.4. The molecule has 728 valence electrons. The van der Waals surface area contributed by atoms with Gasteiger partial charge in [0.1, 0.15) is 163 Å². The minimum Gasteiger partial charge on any atom is -0.490 e. The first kappa shape index (κ1) is 119. The van der Waals surface area contributed by atoms with Gasteiger partial charge in [-0.3, -0.25) is 0 Å². The molecule has 0 spiro atoms. The molecule has 0 atom stereocenters. The topological polar surface area (TPSA) is 337 Å². The Hall–Kier alpha value is -17.3.